The van der Waals surface area contributed by atoms with Crippen molar-refractivity contribution in [1.29, 1.82) is 0 Å². The van der Waals surface area contributed by atoms with E-state index in [-0.39, 0.29) is 23.6 Å². The first kappa shape index (κ1) is 16.1. The summed E-state index contributed by atoms with van der Waals surface area (Å²) in [4.78, 5) is 10.7. The average molecular weight is 350 g/mol. The zero-order valence-corrected chi connectivity index (χ0v) is 12.5. The zero-order valence-electron chi connectivity index (χ0n) is 11.5. The number of hydrogen-bond donors (Lipinski definition) is 3. The Morgan fingerprint density at radius 3 is 2.96 bits per heavy atom. The summed E-state index contributed by atoms with van der Waals surface area (Å²) in [7, 11) is -2.75. The number of alkyl halides is 1. The van der Waals surface area contributed by atoms with Gasteiger partial charge in [-0.15, -0.1) is 0 Å². The predicted octanol–water partition coefficient (Wildman–Crippen LogP) is -0.491. The molecule has 0 aromatic carbocycles. The summed E-state index contributed by atoms with van der Waals surface area (Å²) < 4.78 is 49.5. The van der Waals surface area contributed by atoms with Gasteiger partial charge >= 0.3 is 6.08 Å². The van der Waals surface area contributed by atoms with E-state index in [0.29, 0.717) is 0 Å². The number of ether oxygens (including phenoxy) is 1. The summed E-state index contributed by atoms with van der Waals surface area (Å²) in [6.45, 7) is -0.357. The summed E-state index contributed by atoms with van der Waals surface area (Å²) >= 11 is 0. The van der Waals surface area contributed by atoms with Crippen molar-refractivity contribution in [1.82, 2.24) is 19.5 Å². The van der Waals surface area contributed by atoms with Crippen LogP contribution in [0.3, 0.4) is 0 Å². The van der Waals surface area contributed by atoms with Crippen LogP contribution in [0.25, 0.3) is 11.2 Å². The van der Waals surface area contributed by atoms with E-state index in [1.807, 2.05) is 0 Å². The maximum atomic E-state index is 14.3. The molecule has 13 heteroatoms. The molecule has 3 rings (SSSR count). The summed E-state index contributed by atoms with van der Waals surface area (Å²) in [6.07, 6.45) is -5.82. The normalized spacial score (nSPS) is 29.2. The second-order valence-electron chi connectivity index (χ2n) is 4.83. The highest BCUT2D eigenvalue weighted by Crippen LogP contribution is 2.34. The molecule has 2 aromatic heterocycles. The van der Waals surface area contributed by atoms with Crippen molar-refractivity contribution < 1.29 is 27.7 Å². The van der Waals surface area contributed by atoms with Gasteiger partial charge in [0.2, 0.25) is 0 Å². The van der Waals surface area contributed by atoms with Crippen molar-refractivity contribution in [3.8, 4) is 0 Å². The molecule has 1 aliphatic heterocycles. The Balaban J connectivity index is 1.91. The predicted molar refractivity (Wildman–Crippen MR) is 73.6 cm³/mol. The Morgan fingerprint density at radius 2 is 2.26 bits per heavy atom. The number of nitrogens with zero attached hydrogens (tertiary/aromatic N) is 4. The first-order chi connectivity index (χ1) is 10.9. The van der Waals surface area contributed by atoms with Crippen LogP contribution >= 0.6 is 8.18 Å². The second kappa shape index (κ2) is 6.06. The molecule has 0 saturated carbocycles. The number of aliphatic hydroxyl groups is 1. The van der Waals surface area contributed by atoms with Gasteiger partial charge in [-0.1, -0.05) is 0 Å². The van der Waals surface area contributed by atoms with Gasteiger partial charge in [0, 0.05) is 0 Å². The average Bonchev–Trinajstić information content (AvgIpc) is 3.00. The fraction of sp³-hybridized carbons (Fsp3) is 0.500. The van der Waals surface area contributed by atoms with Gasteiger partial charge in [-0.3, -0.25) is 14.6 Å². The number of aromatic nitrogens is 4. The highest BCUT2D eigenvalue weighted by molar-refractivity contribution is 7.36. The topological polar surface area (TPSA) is 151 Å². The maximum absolute atomic E-state index is 14.3. The maximum Gasteiger partial charge on any atom is 0.312 e. The number of nitrogen functional groups attached to an aromatic ring is 1. The Morgan fingerprint density at radius 1 is 1.52 bits per heavy atom. The van der Waals surface area contributed by atoms with Gasteiger partial charge in [-0.2, -0.15) is 14.4 Å². The minimum absolute atomic E-state index is 0.0726. The lowest BCUT2D eigenvalue weighted by molar-refractivity contribution is -0.0402. The number of halogens is 2. The van der Waals surface area contributed by atoms with E-state index in [1.165, 1.54) is 0 Å². The molecule has 5 atom stereocenters. The number of nitrogens with two attached hydrogens (primary N) is 2. The van der Waals surface area contributed by atoms with E-state index in [9.17, 15) is 18.5 Å². The van der Waals surface area contributed by atoms with Gasteiger partial charge in [0.15, 0.2) is 29.4 Å². The molecular formula is C10H13F2N6O4P. The SMILES string of the molecule is Nc1nc(F)nc2c1ncn2[C@@H]1O[C@H](CO[PH](N)=O)[C@@H](O)[C@@H]1F. The van der Waals surface area contributed by atoms with Crippen molar-refractivity contribution in [3.63, 3.8) is 0 Å². The molecule has 0 radical (unpaired) electrons. The van der Waals surface area contributed by atoms with Crippen LogP contribution in [-0.2, 0) is 13.8 Å². The monoisotopic (exact) mass is 350 g/mol. The lowest BCUT2D eigenvalue weighted by atomic mass is 10.1. The molecule has 0 amide bonds. The summed E-state index contributed by atoms with van der Waals surface area (Å²) in [6, 6.07) is 0. The molecule has 0 spiro atoms. The summed E-state index contributed by atoms with van der Waals surface area (Å²) in [5, 5.41) is 9.84. The van der Waals surface area contributed by atoms with Crippen LogP contribution in [0.15, 0.2) is 6.33 Å². The fourth-order valence-electron chi connectivity index (χ4n) is 2.33. The van der Waals surface area contributed by atoms with Gasteiger partial charge in [0.1, 0.15) is 12.2 Å². The van der Waals surface area contributed by atoms with Crippen LogP contribution in [-0.4, -0.2) is 49.6 Å². The fourth-order valence-corrected chi connectivity index (χ4v) is 2.66. The first-order valence-corrected chi connectivity index (χ1v) is 7.83. The molecule has 1 fully saturated rings. The zero-order chi connectivity index (χ0) is 16.7. The van der Waals surface area contributed by atoms with Gasteiger partial charge in [-0.05, 0) is 0 Å². The van der Waals surface area contributed by atoms with Gasteiger partial charge in [0.25, 0.3) is 8.18 Å². The van der Waals surface area contributed by atoms with Crippen LogP contribution in [0.5, 0.6) is 0 Å². The van der Waals surface area contributed by atoms with Crippen molar-refractivity contribution in [3.05, 3.63) is 12.4 Å². The van der Waals surface area contributed by atoms with Crippen molar-refractivity contribution in [2.75, 3.05) is 12.3 Å². The van der Waals surface area contributed by atoms with Gasteiger partial charge < -0.3 is 20.1 Å². The molecule has 2 aromatic rings. The largest absolute Gasteiger partial charge is 0.387 e. The van der Waals surface area contributed by atoms with Gasteiger partial charge in [-0.25, -0.2) is 9.37 Å². The third-order valence-electron chi connectivity index (χ3n) is 3.38. The van der Waals surface area contributed by atoms with E-state index < -0.39 is 38.9 Å². The standard InChI is InChI=1S/C10H13F2N6O4P/c11-4-6(19)3(1-21-23(14)20)22-9(4)18-2-15-5-7(13)16-10(12)17-8(5)18/h2-4,6,9,19,23H,1H2,(H2,14,20)(H2,13,16,17)/t3-,4+,6-,9-/m1/s1. The minimum atomic E-state index is -2.75. The molecule has 1 aliphatic rings. The number of fused-ring (bicyclic) bond motifs is 1. The Kier molecular flexibility index (Phi) is 4.25. The number of imidazole rings is 1. The summed E-state index contributed by atoms with van der Waals surface area (Å²) in [5.41, 5.74) is 10.5. The Bertz CT molecular complexity index is 760. The Labute approximate surface area is 128 Å². The molecule has 126 valence electrons. The highest BCUT2D eigenvalue weighted by atomic mass is 31.1. The lowest BCUT2D eigenvalue weighted by Gasteiger charge is -2.15. The van der Waals surface area contributed by atoms with Crippen molar-refractivity contribution in [2.45, 2.75) is 24.6 Å². The molecule has 23 heavy (non-hydrogen) atoms. The van der Waals surface area contributed by atoms with Crippen molar-refractivity contribution >= 4 is 25.2 Å². The third kappa shape index (κ3) is 2.91. The summed E-state index contributed by atoms with van der Waals surface area (Å²) in [5.74, 6) is -0.207. The van der Waals surface area contributed by atoms with E-state index in [0.717, 1.165) is 10.9 Å². The van der Waals surface area contributed by atoms with E-state index in [2.05, 4.69) is 19.5 Å². The van der Waals surface area contributed by atoms with Crippen LogP contribution in [0.4, 0.5) is 14.6 Å². The minimum Gasteiger partial charge on any atom is -0.387 e. The van der Waals surface area contributed by atoms with E-state index in [4.69, 9.17) is 16.0 Å². The first-order valence-electron chi connectivity index (χ1n) is 6.44. The van der Waals surface area contributed by atoms with Crippen LogP contribution in [0.2, 0.25) is 0 Å². The van der Waals surface area contributed by atoms with E-state index in [1.54, 1.807) is 0 Å². The molecular weight excluding hydrogens is 337 g/mol. The number of anilines is 1. The molecule has 1 saturated heterocycles. The smallest absolute Gasteiger partial charge is 0.312 e. The van der Waals surface area contributed by atoms with Crippen LogP contribution < -0.4 is 11.2 Å². The molecule has 0 bridgehead atoms. The molecule has 1 unspecified atom stereocenters. The number of rotatable bonds is 4. The van der Waals surface area contributed by atoms with Crippen LogP contribution in [0, 0.1) is 6.08 Å². The number of aliphatic hydroxyl groups excluding tert-OH is 1. The lowest BCUT2D eigenvalue weighted by Crippen LogP contribution is -2.31. The number of hydrogen-bond acceptors (Lipinski definition) is 8. The van der Waals surface area contributed by atoms with E-state index >= 15 is 0 Å². The molecule has 0 aliphatic carbocycles. The van der Waals surface area contributed by atoms with Crippen LogP contribution in [0.1, 0.15) is 6.23 Å². The Hall–Kier alpha value is -1.72. The molecule has 5 N–H and O–H groups in total. The highest BCUT2D eigenvalue weighted by Gasteiger charge is 2.46. The third-order valence-corrected chi connectivity index (χ3v) is 3.83. The molecule has 3 heterocycles. The van der Waals surface area contributed by atoms with Crippen molar-refractivity contribution in [2.24, 2.45) is 5.50 Å². The quantitative estimate of drug-likeness (QED) is 0.490. The molecule has 10 nitrogen and oxygen atoms in total. The second-order valence-corrected chi connectivity index (χ2v) is 5.76. The van der Waals surface area contributed by atoms with Gasteiger partial charge in [0.05, 0.1) is 12.9 Å².